The normalized spacial score (nSPS) is 9.95. The predicted molar refractivity (Wildman–Crippen MR) is 69.9 cm³/mol. The standard InChI is InChI=1S/C13H18N2O4.ClH/c1-10(2)9-14-6-7-19-13(16)11-4-3-5-12(8-11)15(17)18;/h3-5,8,10,14H,6-7,9H2,1-2H3;1H. The van der Waals surface area contributed by atoms with Crippen LogP contribution in [0.2, 0.25) is 0 Å². The first-order valence-corrected chi connectivity index (χ1v) is 6.24. The zero-order valence-corrected chi connectivity index (χ0v) is 12.3. The van der Waals surface area contributed by atoms with Gasteiger partial charge >= 0.3 is 5.97 Å². The van der Waals surface area contributed by atoms with Gasteiger partial charge in [0.05, 0.1) is 17.0 Å². The first kappa shape index (κ1) is 18.3. The molecule has 112 valence electrons. The van der Waals surface area contributed by atoms with Crippen LogP contribution in [0.25, 0.3) is 0 Å². The summed E-state index contributed by atoms with van der Waals surface area (Å²) < 4.78 is 5.05. The zero-order valence-electron chi connectivity index (χ0n) is 11.5. The quantitative estimate of drug-likeness (QED) is 0.272. The van der Waals surface area contributed by atoms with Crippen LogP contribution < -0.4 is 17.7 Å². The van der Waals surface area contributed by atoms with Gasteiger partial charge in [-0.05, 0) is 6.07 Å². The number of nitro benzene ring substituents is 1. The van der Waals surface area contributed by atoms with Crippen molar-refractivity contribution in [3.63, 3.8) is 0 Å². The second kappa shape index (κ2) is 9.28. The molecule has 0 aromatic heterocycles. The summed E-state index contributed by atoms with van der Waals surface area (Å²) in [5.74, 6) is 0.0640. The smallest absolute Gasteiger partial charge is 0.338 e. The number of carbonyl (C=O) groups excluding carboxylic acids is 1. The number of esters is 1. The third-order valence-electron chi connectivity index (χ3n) is 2.49. The lowest BCUT2D eigenvalue weighted by Gasteiger charge is -2.06. The number of hydrogen-bond acceptors (Lipinski definition) is 4. The van der Waals surface area contributed by atoms with E-state index in [4.69, 9.17) is 4.74 Å². The number of carbonyl (C=O) groups is 1. The zero-order chi connectivity index (χ0) is 14.3. The number of hydrogen-bond donors (Lipinski definition) is 1. The summed E-state index contributed by atoms with van der Waals surface area (Å²) >= 11 is 0. The first-order chi connectivity index (χ1) is 9.00. The molecule has 1 aromatic rings. The molecule has 0 fully saturated rings. The Kier molecular flexibility index (Phi) is 8.51. The van der Waals surface area contributed by atoms with Crippen molar-refractivity contribution in [1.29, 1.82) is 0 Å². The van der Waals surface area contributed by atoms with Crippen LogP contribution >= 0.6 is 0 Å². The molecule has 0 heterocycles. The third-order valence-corrected chi connectivity index (χ3v) is 2.49. The Morgan fingerprint density at radius 1 is 1.45 bits per heavy atom. The molecule has 0 radical (unpaired) electrons. The van der Waals surface area contributed by atoms with Crippen molar-refractivity contribution in [2.75, 3.05) is 19.7 Å². The van der Waals surface area contributed by atoms with Gasteiger partial charge in [0.1, 0.15) is 13.2 Å². The molecule has 6 nitrogen and oxygen atoms in total. The largest absolute Gasteiger partial charge is 1.00 e. The summed E-state index contributed by atoms with van der Waals surface area (Å²) in [7, 11) is 0. The van der Waals surface area contributed by atoms with Gasteiger partial charge in [0.2, 0.25) is 0 Å². The molecule has 0 saturated heterocycles. The van der Waals surface area contributed by atoms with Gasteiger partial charge in [0, 0.05) is 18.1 Å². The molecule has 0 aliphatic carbocycles. The summed E-state index contributed by atoms with van der Waals surface area (Å²) in [5, 5.41) is 12.7. The number of halogens is 1. The highest BCUT2D eigenvalue weighted by Gasteiger charge is 2.12. The van der Waals surface area contributed by atoms with Gasteiger partial charge in [-0.3, -0.25) is 10.1 Å². The van der Waals surface area contributed by atoms with Crippen molar-refractivity contribution in [3.05, 3.63) is 39.9 Å². The van der Waals surface area contributed by atoms with Gasteiger partial charge in [0.15, 0.2) is 0 Å². The predicted octanol–water partition coefficient (Wildman–Crippen LogP) is -2.02. The van der Waals surface area contributed by atoms with Crippen LogP contribution in [0.1, 0.15) is 24.2 Å². The van der Waals surface area contributed by atoms with E-state index in [2.05, 4.69) is 19.2 Å². The molecule has 2 N–H and O–H groups in total. The van der Waals surface area contributed by atoms with Crippen LogP contribution in [0.3, 0.4) is 0 Å². The Hall–Kier alpha value is -1.66. The fourth-order valence-corrected chi connectivity index (χ4v) is 1.52. The number of benzene rings is 1. The van der Waals surface area contributed by atoms with E-state index in [0.29, 0.717) is 19.1 Å². The Bertz CT molecular complexity index is 452. The van der Waals surface area contributed by atoms with Crippen LogP contribution in [0.5, 0.6) is 0 Å². The maximum absolute atomic E-state index is 11.7. The molecule has 0 amide bonds. The lowest BCUT2D eigenvalue weighted by Crippen LogP contribution is -3.00. The second-order valence-electron chi connectivity index (χ2n) is 4.65. The Morgan fingerprint density at radius 2 is 2.15 bits per heavy atom. The van der Waals surface area contributed by atoms with Gasteiger partial charge < -0.3 is 22.5 Å². The van der Waals surface area contributed by atoms with Crippen molar-refractivity contribution in [2.45, 2.75) is 13.8 Å². The average Bonchev–Trinajstić information content (AvgIpc) is 2.37. The highest BCUT2D eigenvalue weighted by Crippen LogP contribution is 2.13. The summed E-state index contributed by atoms with van der Waals surface area (Å²) in [4.78, 5) is 21.7. The van der Waals surface area contributed by atoms with Gasteiger partial charge in [0.25, 0.3) is 5.69 Å². The highest BCUT2D eigenvalue weighted by molar-refractivity contribution is 5.90. The monoisotopic (exact) mass is 302 g/mol. The third kappa shape index (κ3) is 6.49. The van der Waals surface area contributed by atoms with E-state index in [1.165, 1.54) is 24.3 Å². The van der Waals surface area contributed by atoms with Gasteiger partial charge in [-0.2, -0.15) is 0 Å². The Balaban J connectivity index is 0.00000361. The lowest BCUT2D eigenvalue weighted by molar-refractivity contribution is -0.660. The molecule has 0 bridgehead atoms. The van der Waals surface area contributed by atoms with E-state index in [9.17, 15) is 14.9 Å². The van der Waals surface area contributed by atoms with E-state index >= 15 is 0 Å². The van der Waals surface area contributed by atoms with Crippen LogP contribution in [0.4, 0.5) is 5.69 Å². The minimum Gasteiger partial charge on any atom is -1.00 e. The van der Waals surface area contributed by atoms with Crippen molar-refractivity contribution < 1.29 is 32.2 Å². The SMILES string of the molecule is CC(C)C[NH2+]CCOC(=O)c1cccc([N+](=O)[O-])c1.[Cl-]. The maximum Gasteiger partial charge on any atom is 0.338 e. The van der Waals surface area contributed by atoms with E-state index in [0.717, 1.165) is 6.54 Å². The van der Waals surface area contributed by atoms with Crippen molar-refractivity contribution >= 4 is 11.7 Å². The number of nitro groups is 1. The maximum atomic E-state index is 11.7. The minimum absolute atomic E-state index is 0. The average molecular weight is 303 g/mol. The fraction of sp³-hybridized carbons (Fsp3) is 0.462. The van der Waals surface area contributed by atoms with Crippen LogP contribution in [-0.2, 0) is 4.74 Å². The molecular weight excluding hydrogens is 284 g/mol. The molecule has 7 heteroatoms. The first-order valence-electron chi connectivity index (χ1n) is 6.24. The van der Waals surface area contributed by atoms with E-state index in [1.807, 2.05) is 0 Å². The molecule has 0 saturated carbocycles. The van der Waals surface area contributed by atoms with Gasteiger partial charge in [-0.15, -0.1) is 0 Å². The van der Waals surface area contributed by atoms with E-state index in [1.54, 1.807) is 0 Å². The van der Waals surface area contributed by atoms with Crippen LogP contribution in [-0.4, -0.2) is 30.6 Å². The highest BCUT2D eigenvalue weighted by atomic mass is 35.5. The number of quaternary nitrogens is 1. The molecule has 1 aromatic carbocycles. The molecule has 0 aliphatic heterocycles. The van der Waals surface area contributed by atoms with Crippen LogP contribution in [0, 0.1) is 16.0 Å². The van der Waals surface area contributed by atoms with Crippen LogP contribution in [0.15, 0.2) is 24.3 Å². The fourth-order valence-electron chi connectivity index (χ4n) is 1.52. The molecule has 20 heavy (non-hydrogen) atoms. The summed E-state index contributed by atoms with van der Waals surface area (Å²) in [6.07, 6.45) is 0. The topological polar surface area (TPSA) is 86.0 Å². The molecule has 0 unspecified atom stereocenters. The van der Waals surface area contributed by atoms with Crippen molar-refractivity contribution in [2.24, 2.45) is 5.92 Å². The number of rotatable bonds is 7. The number of ether oxygens (including phenoxy) is 1. The minimum atomic E-state index is -0.535. The van der Waals surface area contributed by atoms with Crippen molar-refractivity contribution in [1.82, 2.24) is 0 Å². The second-order valence-corrected chi connectivity index (χ2v) is 4.65. The lowest BCUT2D eigenvalue weighted by atomic mass is 10.2. The van der Waals surface area contributed by atoms with Crippen molar-refractivity contribution in [3.8, 4) is 0 Å². The molecular formula is C13H19ClN2O4. The Morgan fingerprint density at radius 3 is 2.75 bits per heavy atom. The molecule has 0 atom stereocenters. The van der Waals surface area contributed by atoms with E-state index in [-0.39, 0.29) is 23.7 Å². The number of nitrogens with zero attached hydrogens (tertiary/aromatic N) is 1. The molecule has 1 rings (SSSR count). The summed E-state index contributed by atoms with van der Waals surface area (Å²) in [5.41, 5.74) is 0.0962. The van der Waals surface area contributed by atoms with Gasteiger partial charge in [-0.25, -0.2) is 4.79 Å². The number of non-ortho nitro benzene ring substituents is 1. The Labute approximate surface area is 124 Å². The van der Waals surface area contributed by atoms with Gasteiger partial charge in [-0.1, -0.05) is 19.9 Å². The molecule has 0 aliphatic rings. The summed E-state index contributed by atoms with van der Waals surface area (Å²) in [6.45, 7) is 6.21. The number of nitrogens with two attached hydrogens (primary N) is 1. The summed E-state index contributed by atoms with van der Waals surface area (Å²) in [6, 6.07) is 5.54. The van der Waals surface area contributed by atoms with E-state index < -0.39 is 10.9 Å². The molecule has 0 spiro atoms.